The summed E-state index contributed by atoms with van der Waals surface area (Å²) in [4.78, 5) is 38.0. The number of carbonyl (C=O) groups is 3. The molecule has 0 aliphatic carbocycles. The van der Waals surface area contributed by atoms with Gasteiger partial charge >= 0.3 is 5.97 Å². The molecule has 1 N–H and O–H groups in total. The lowest BCUT2D eigenvalue weighted by molar-refractivity contribution is -0.124. The molecule has 0 saturated heterocycles. The third kappa shape index (κ3) is 4.06. The van der Waals surface area contributed by atoms with Crippen molar-refractivity contribution in [2.24, 2.45) is 0 Å². The van der Waals surface area contributed by atoms with Crippen LogP contribution < -0.4 is 19.7 Å². The van der Waals surface area contributed by atoms with Crippen LogP contribution in [-0.4, -0.2) is 44.7 Å². The summed E-state index contributed by atoms with van der Waals surface area (Å²) in [5.74, 6) is -0.575. The molecular weight excluding hydrogens is 364 g/mol. The summed E-state index contributed by atoms with van der Waals surface area (Å²) in [5, 5.41) is 2.70. The van der Waals surface area contributed by atoms with Crippen LogP contribution in [0.5, 0.6) is 11.5 Å². The Morgan fingerprint density at radius 3 is 2.68 bits per heavy atom. The summed E-state index contributed by atoms with van der Waals surface area (Å²) in [6.45, 7) is 1.60. The van der Waals surface area contributed by atoms with Crippen LogP contribution in [0.25, 0.3) is 0 Å². The van der Waals surface area contributed by atoms with E-state index in [0.717, 1.165) is 0 Å². The minimum Gasteiger partial charge on any atom is -0.493 e. The summed E-state index contributed by atoms with van der Waals surface area (Å²) >= 11 is 0. The largest absolute Gasteiger partial charge is 0.493 e. The number of benzene rings is 2. The quantitative estimate of drug-likeness (QED) is 0.768. The van der Waals surface area contributed by atoms with E-state index in [1.807, 2.05) is 6.92 Å². The Bertz CT molecular complexity index is 911. The van der Waals surface area contributed by atoms with Crippen LogP contribution in [0, 0.1) is 0 Å². The summed E-state index contributed by atoms with van der Waals surface area (Å²) in [5.41, 5.74) is 1.33. The molecule has 0 spiro atoms. The van der Waals surface area contributed by atoms with Gasteiger partial charge in [0.05, 0.1) is 30.7 Å². The molecule has 28 heavy (non-hydrogen) atoms. The van der Waals surface area contributed by atoms with Crippen LogP contribution in [0.15, 0.2) is 42.5 Å². The number of hydrogen-bond donors (Lipinski definition) is 1. The number of amides is 2. The van der Waals surface area contributed by atoms with Crippen LogP contribution >= 0.6 is 0 Å². The topological polar surface area (TPSA) is 94.2 Å². The zero-order chi connectivity index (χ0) is 20.1. The average Bonchev–Trinajstić information content (AvgIpc) is 2.71. The van der Waals surface area contributed by atoms with E-state index >= 15 is 0 Å². The Morgan fingerprint density at radius 2 is 1.93 bits per heavy atom. The number of fused-ring (bicyclic) bond motifs is 1. The van der Waals surface area contributed by atoms with Crippen molar-refractivity contribution in [3.63, 3.8) is 0 Å². The van der Waals surface area contributed by atoms with Gasteiger partial charge in [-0.15, -0.1) is 0 Å². The highest BCUT2D eigenvalue weighted by Crippen LogP contribution is 2.30. The highest BCUT2D eigenvalue weighted by atomic mass is 16.5. The number of anilines is 2. The Hall–Kier alpha value is -3.55. The molecule has 1 aliphatic heterocycles. The zero-order valence-corrected chi connectivity index (χ0v) is 15.6. The van der Waals surface area contributed by atoms with Crippen LogP contribution in [0.4, 0.5) is 11.4 Å². The van der Waals surface area contributed by atoms with Gasteiger partial charge in [-0.25, -0.2) is 4.79 Å². The number of rotatable bonds is 6. The van der Waals surface area contributed by atoms with Gasteiger partial charge in [-0.05, 0) is 37.3 Å². The molecule has 2 amide bonds. The lowest BCUT2D eigenvalue weighted by Crippen LogP contribution is -2.44. The van der Waals surface area contributed by atoms with E-state index in [1.54, 1.807) is 30.3 Å². The Labute approximate surface area is 162 Å². The molecule has 0 aromatic heterocycles. The first-order valence-electron chi connectivity index (χ1n) is 8.70. The minimum absolute atomic E-state index is 0.135. The summed E-state index contributed by atoms with van der Waals surface area (Å²) in [6, 6.07) is 11.5. The molecule has 0 radical (unpaired) electrons. The lowest BCUT2D eigenvalue weighted by atomic mass is 10.2. The van der Waals surface area contributed by atoms with E-state index in [1.165, 1.54) is 24.1 Å². The summed E-state index contributed by atoms with van der Waals surface area (Å²) < 4.78 is 15.8. The predicted molar refractivity (Wildman–Crippen MR) is 102 cm³/mol. The van der Waals surface area contributed by atoms with Gasteiger partial charge in [0.15, 0.2) is 18.1 Å². The van der Waals surface area contributed by atoms with Crippen molar-refractivity contribution in [3.8, 4) is 11.5 Å². The van der Waals surface area contributed by atoms with Crippen molar-refractivity contribution in [3.05, 3.63) is 48.0 Å². The fourth-order valence-electron chi connectivity index (χ4n) is 2.82. The first-order chi connectivity index (χ1) is 13.5. The zero-order valence-electron chi connectivity index (χ0n) is 15.6. The normalized spacial score (nSPS) is 12.6. The summed E-state index contributed by atoms with van der Waals surface area (Å²) in [7, 11) is 1.50. The number of ether oxygens (including phenoxy) is 3. The first kappa shape index (κ1) is 19.2. The standard InChI is InChI=1S/C20H20N2O6/c1-3-27-17-10-13(8-9-16(17)26-2)20(25)28-12-19(24)22-11-18(23)21-14-6-4-5-7-15(14)22/h4-10H,3,11-12H2,1-2H3,(H,21,23). The van der Waals surface area contributed by atoms with Gasteiger partial charge < -0.3 is 19.5 Å². The van der Waals surface area contributed by atoms with Gasteiger partial charge in [0, 0.05) is 0 Å². The lowest BCUT2D eigenvalue weighted by Gasteiger charge is -2.28. The SMILES string of the molecule is CCOc1cc(C(=O)OCC(=O)N2CC(=O)Nc3ccccc32)ccc1OC. The van der Waals surface area contributed by atoms with Crippen molar-refractivity contribution < 1.29 is 28.6 Å². The van der Waals surface area contributed by atoms with E-state index in [9.17, 15) is 14.4 Å². The molecule has 0 saturated carbocycles. The number of esters is 1. The maximum Gasteiger partial charge on any atom is 0.338 e. The van der Waals surface area contributed by atoms with Gasteiger partial charge in [0.25, 0.3) is 5.91 Å². The van der Waals surface area contributed by atoms with E-state index in [2.05, 4.69) is 5.32 Å². The number of methoxy groups -OCH3 is 1. The van der Waals surface area contributed by atoms with E-state index in [4.69, 9.17) is 14.2 Å². The van der Waals surface area contributed by atoms with Gasteiger partial charge in [0.2, 0.25) is 5.91 Å². The third-order valence-corrected chi connectivity index (χ3v) is 4.10. The molecule has 3 rings (SSSR count). The first-order valence-corrected chi connectivity index (χ1v) is 8.70. The smallest absolute Gasteiger partial charge is 0.338 e. The van der Waals surface area contributed by atoms with Crippen molar-refractivity contribution in [2.75, 3.05) is 37.1 Å². The molecule has 0 unspecified atom stereocenters. The molecule has 8 nitrogen and oxygen atoms in total. The number of hydrogen-bond acceptors (Lipinski definition) is 6. The van der Waals surface area contributed by atoms with Crippen molar-refractivity contribution in [1.29, 1.82) is 0 Å². The second kappa shape index (κ2) is 8.43. The second-order valence-corrected chi connectivity index (χ2v) is 5.92. The minimum atomic E-state index is -0.674. The van der Waals surface area contributed by atoms with Gasteiger partial charge in [-0.3, -0.25) is 14.5 Å². The fraction of sp³-hybridized carbons (Fsp3) is 0.250. The van der Waals surface area contributed by atoms with Crippen molar-refractivity contribution in [1.82, 2.24) is 0 Å². The maximum atomic E-state index is 12.5. The predicted octanol–water partition coefficient (Wildman–Crippen LogP) is 2.24. The summed E-state index contributed by atoms with van der Waals surface area (Å²) in [6.07, 6.45) is 0. The maximum absolute atomic E-state index is 12.5. The molecule has 146 valence electrons. The van der Waals surface area contributed by atoms with Crippen molar-refractivity contribution in [2.45, 2.75) is 6.92 Å². The average molecular weight is 384 g/mol. The molecule has 0 atom stereocenters. The highest BCUT2D eigenvalue weighted by Gasteiger charge is 2.27. The van der Waals surface area contributed by atoms with E-state index in [-0.39, 0.29) is 18.0 Å². The van der Waals surface area contributed by atoms with Crippen LogP contribution in [-0.2, 0) is 14.3 Å². The molecular formula is C20H20N2O6. The van der Waals surface area contributed by atoms with Crippen LogP contribution in [0.1, 0.15) is 17.3 Å². The van der Waals surface area contributed by atoms with Crippen molar-refractivity contribution >= 4 is 29.2 Å². The molecule has 0 fully saturated rings. The van der Waals surface area contributed by atoms with Crippen LogP contribution in [0.3, 0.4) is 0 Å². The molecule has 1 aliphatic rings. The monoisotopic (exact) mass is 384 g/mol. The Morgan fingerprint density at radius 1 is 1.14 bits per heavy atom. The molecule has 8 heteroatoms. The molecule has 0 bridgehead atoms. The molecule has 2 aromatic carbocycles. The van der Waals surface area contributed by atoms with Gasteiger partial charge in [0.1, 0.15) is 6.54 Å². The number of carbonyl (C=O) groups excluding carboxylic acids is 3. The Kier molecular flexibility index (Phi) is 5.78. The van der Waals surface area contributed by atoms with E-state index < -0.39 is 18.5 Å². The number of nitrogens with one attached hydrogen (secondary N) is 1. The second-order valence-electron chi connectivity index (χ2n) is 5.92. The van der Waals surface area contributed by atoms with Gasteiger partial charge in [-0.2, -0.15) is 0 Å². The van der Waals surface area contributed by atoms with E-state index in [0.29, 0.717) is 29.5 Å². The molecule has 2 aromatic rings. The number of para-hydroxylation sites is 2. The van der Waals surface area contributed by atoms with Gasteiger partial charge in [-0.1, -0.05) is 12.1 Å². The molecule has 1 heterocycles. The fourth-order valence-corrected chi connectivity index (χ4v) is 2.82. The van der Waals surface area contributed by atoms with Crippen LogP contribution in [0.2, 0.25) is 0 Å². The third-order valence-electron chi connectivity index (χ3n) is 4.10. The Balaban J connectivity index is 1.69. The highest BCUT2D eigenvalue weighted by molar-refractivity contribution is 6.10. The number of nitrogens with zero attached hydrogens (tertiary/aromatic N) is 1.